The summed E-state index contributed by atoms with van der Waals surface area (Å²) < 4.78 is 13.0. The molecule has 0 N–H and O–H groups in total. The summed E-state index contributed by atoms with van der Waals surface area (Å²) in [6, 6.07) is 16.4. The predicted octanol–water partition coefficient (Wildman–Crippen LogP) is 4.47. The number of carbonyl (C=O) groups is 1. The Balaban J connectivity index is 1.29. The molecule has 2 heterocycles. The van der Waals surface area contributed by atoms with Gasteiger partial charge < -0.3 is 4.90 Å². The molecule has 0 radical (unpaired) electrons. The maximum Gasteiger partial charge on any atom is 0.162 e. The molecule has 4 rings (SSSR count). The minimum Gasteiger partial charge on any atom is -0.367 e. The van der Waals surface area contributed by atoms with Gasteiger partial charge in [0.05, 0.1) is 11.2 Å². The summed E-state index contributed by atoms with van der Waals surface area (Å²) in [7, 11) is 0. The van der Waals surface area contributed by atoms with E-state index in [1.807, 2.05) is 6.92 Å². The zero-order valence-corrected chi connectivity index (χ0v) is 16.8. The first-order chi connectivity index (χ1) is 14.1. The van der Waals surface area contributed by atoms with Crippen LogP contribution in [0, 0.1) is 12.7 Å². The van der Waals surface area contributed by atoms with E-state index in [1.54, 1.807) is 12.1 Å². The number of carbonyl (C=O) groups excluding carboxylic acids is 1. The van der Waals surface area contributed by atoms with Crippen molar-refractivity contribution in [3.05, 3.63) is 71.7 Å². The number of fused-ring (bicyclic) bond motifs is 1. The lowest BCUT2D eigenvalue weighted by Crippen LogP contribution is -2.46. The Morgan fingerprint density at radius 1 is 1.00 bits per heavy atom. The van der Waals surface area contributed by atoms with Crippen molar-refractivity contribution in [1.29, 1.82) is 0 Å². The van der Waals surface area contributed by atoms with E-state index in [-0.39, 0.29) is 11.6 Å². The SMILES string of the molecule is Cc1ccc2cccc(N3CCN(CCCC(=O)c4ccc(F)cc4)CC3)c2n1. The molecule has 2 aromatic carbocycles. The molecule has 29 heavy (non-hydrogen) atoms. The molecule has 0 saturated carbocycles. The molecule has 0 spiro atoms. The molecule has 1 aliphatic rings. The summed E-state index contributed by atoms with van der Waals surface area (Å²) in [5.41, 5.74) is 3.91. The highest BCUT2D eigenvalue weighted by Crippen LogP contribution is 2.26. The molecule has 0 atom stereocenters. The largest absolute Gasteiger partial charge is 0.367 e. The summed E-state index contributed by atoms with van der Waals surface area (Å²) in [6.45, 7) is 6.82. The van der Waals surface area contributed by atoms with E-state index in [9.17, 15) is 9.18 Å². The molecule has 1 saturated heterocycles. The first kappa shape index (κ1) is 19.5. The second-order valence-electron chi connectivity index (χ2n) is 7.66. The highest BCUT2D eigenvalue weighted by Gasteiger charge is 2.19. The van der Waals surface area contributed by atoms with E-state index in [0.717, 1.165) is 50.4 Å². The highest BCUT2D eigenvalue weighted by atomic mass is 19.1. The Morgan fingerprint density at radius 2 is 1.76 bits per heavy atom. The molecule has 5 heteroatoms. The number of halogens is 1. The van der Waals surface area contributed by atoms with Crippen LogP contribution >= 0.6 is 0 Å². The number of hydrogen-bond acceptors (Lipinski definition) is 4. The van der Waals surface area contributed by atoms with E-state index < -0.39 is 0 Å². The monoisotopic (exact) mass is 391 g/mol. The summed E-state index contributed by atoms with van der Waals surface area (Å²) >= 11 is 0. The fourth-order valence-corrected chi connectivity index (χ4v) is 3.94. The molecule has 4 nitrogen and oxygen atoms in total. The number of benzene rings is 2. The van der Waals surface area contributed by atoms with Crippen LogP contribution in [0.15, 0.2) is 54.6 Å². The average molecular weight is 391 g/mol. The van der Waals surface area contributed by atoms with E-state index in [4.69, 9.17) is 4.98 Å². The number of piperazine rings is 1. The van der Waals surface area contributed by atoms with E-state index in [2.05, 4.69) is 40.1 Å². The quantitative estimate of drug-likeness (QED) is 0.581. The Labute approximate surface area is 171 Å². The lowest BCUT2D eigenvalue weighted by molar-refractivity contribution is 0.0974. The number of pyridine rings is 1. The maximum absolute atomic E-state index is 13.0. The number of ketones is 1. The first-order valence-electron chi connectivity index (χ1n) is 10.2. The molecule has 0 unspecified atom stereocenters. The number of Topliss-reactive ketones (excluding diaryl/α,β-unsaturated/α-hetero) is 1. The van der Waals surface area contributed by atoms with Crippen LogP contribution in [0.3, 0.4) is 0 Å². The zero-order valence-electron chi connectivity index (χ0n) is 16.8. The van der Waals surface area contributed by atoms with Crippen molar-refractivity contribution in [2.24, 2.45) is 0 Å². The number of anilines is 1. The zero-order chi connectivity index (χ0) is 20.2. The molecule has 150 valence electrons. The standard InChI is InChI=1S/C24H26FN3O/c1-18-7-8-20-4-2-5-22(24(20)26-18)28-16-14-27(15-17-28)13-3-6-23(29)19-9-11-21(25)12-10-19/h2,4-5,7-12H,3,6,13-17H2,1H3. The molecule has 0 aliphatic carbocycles. The van der Waals surface area contributed by atoms with Gasteiger partial charge in [0, 0.05) is 49.2 Å². The molecule has 3 aromatic rings. The van der Waals surface area contributed by atoms with Gasteiger partial charge in [-0.15, -0.1) is 0 Å². The lowest BCUT2D eigenvalue weighted by Gasteiger charge is -2.36. The number of rotatable bonds is 6. The summed E-state index contributed by atoms with van der Waals surface area (Å²) in [4.78, 5) is 21.8. The van der Waals surface area contributed by atoms with Crippen molar-refractivity contribution in [3.63, 3.8) is 0 Å². The van der Waals surface area contributed by atoms with E-state index in [1.165, 1.54) is 23.2 Å². The average Bonchev–Trinajstić information content (AvgIpc) is 2.74. The minimum absolute atomic E-state index is 0.0841. The normalized spacial score (nSPS) is 15.0. The van der Waals surface area contributed by atoms with Crippen LogP contribution in [0.2, 0.25) is 0 Å². The summed E-state index contributed by atoms with van der Waals surface area (Å²) in [6.07, 6.45) is 1.32. The molecule has 1 aliphatic heterocycles. The van der Waals surface area contributed by atoms with Crippen LogP contribution in [0.1, 0.15) is 28.9 Å². The predicted molar refractivity (Wildman–Crippen MR) is 115 cm³/mol. The first-order valence-corrected chi connectivity index (χ1v) is 10.2. The maximum atomic E-state index is 13.0. The number of para-hydroxylation sites is 1. The van der Waals surface area contributed by atoms with Gasteiger partial charge in [0.2, 0.25) is 0 Å². The Morgan fingerprint density at radius 3 is 2.52 bits per heavy atom. The number of aryl methyl sites for hydroxylation is 1. The van der Waals surface area contributed by atoms with Crippen molar-refractivity contribution < 1.29 is 9.18 Å². The summed E-state index contributed by atoms with van der Waals surface area (Å²) in [5, 5.41) is 1.18. The molecule has 1 fully saturated rings. The second kappa shape index (κ2) is 8.70. The van der Waals surface area contributed by atoms with Crippen molar-refractivity contribution in [2.45, 2.75) is 19.8 Å². The summed E-state index contributed by atoms with van der Waals surface area (Å²) in [5.74, 6) is -0.225. The van der Waals surface area contributed by atoms with Gasteiger partial charge in [-0.05, 0) is 56.3 Å². The van der Waals surface area contributed by atoms with Gasteiger partial charge in [0.15, 0.2) is 5.78 Å². The van der Waals surface area contributed by atoms with Gasteiger partial charge >= 0.3 is 0 Å². The smallest absolute Gasteiger partial charge is 0.162 e. The fraction of sp³-hybridized carbons (Fsp3) is 0.333. The molecule has 1 aromatic heterocycles. The van der Waals surface area contributed by atoms with Crippen molar-refractivity contribution >= 4 is 22.4 Å². The minimum atomic E-state index is -0.309. The Bertz CT molecular complexity index is 995. The van der Waals surface area contributed by atoms with E-state index in [0.29, 0.717) is 12.0 Å². The van der Waals surface area contributed by atoms with E-state index >= 15 is 0 Å². The Kier molecular flexibility index (Phi) is 5.86. The van der Waals surface area contributed by atoms with Gasteiger partial charge in [-0.1, -0.05) is 18.2 Å². The van der Waals surface area contributed by atoms with Crippen LogP contribution in [-0.2, 0) is 0 Å². The second-order valence-corrected chi connectivity index (χ2v) is 7.66. The highest BCUT2D eigenvalue weighted by molar-refractivity contribution is 5.96. The van der Waals surface area contributed by atoms with Crippen molar-refractivity contribution in [2.75, 3.05) is 37.6 Å². The third-order valence-corrected chi connectivity index (χ3v) is 5.60. The number of aromatic nitrogens is 1. The van der Waals surface area contributed by atoms with Crippen LogP contribution in [-0.4, -0.2) is 48.4 Å². The van der Waals surface area contributed by atoms with Gasteiger partial charge in [-0.2, -0.15) is 0 Å². The van der Waals surface area contributed by atoms with Crippen LogP contribution in [0.4, 0.5) is 10.1 Å². The van der Waals surface area contributed by atoms with Crippen LogP contribution in [0.25, 0.3) is 10.9 Å². The van der Waals surface area contributed by atoms with Crippen LogP contribution < -0.4 is 4.90 Å². The Hall–Kier alpha value is -2.79. The van der Waals surface area contributed by atoms with Crippen LogP contribution in [0.5, 0.6) is 0 Å². The molecule has 0 amide bonds. The number of hydrogen-bond donors (Lipinski definition) is 0. The van der Waals surface area contributed by atoms with Gasteiger partial charge in [-0.3, -0.25) is 14.7 Å². The molecular formula is C24H26FN3O. The van der Waals surface area contributed by atoms with Crippen molar-refractivity contribution in [1.82, 2.24) is 9.88 Å². The number of nitrogens with zero attached hydrogens (tertiary/aromatic N) is 3. The molecular weight excluding hydrogens is 365 g/mol. The topological polar surface area (TPSA) is 36.4 Å². The van der Waals surface area contributed by atoms with Gasteiger partial charge in [0.25, 0.3) is 0 Å². The third kappa shape index (κ3) is 4.62. The van der Waals surface area contributed by atoms with Gasteiger partial charge in [0.1, 0.15) is 5.82 Å². The molecule has 0 bridgehead atoms. The lowest BCUT2D eigenvalue weighted by atomic mass is 10.1. The third-order valence-electron chi connectivity index (χ3n) is 5.60. The van der Waals surface area contributed by atoms with Crippen molar-refractivity contribution in [3.8, 4) is 0 Å². The van der Waals surface area contributed by atoms with Gasteiger partial charge in [-0.25, -0.2) is 4.39 Å². The fourth-order valence-electron chi connectivity index (χ4n) is 3.94.